The smallest absolute Gasteiger partial charge is 0.161 e. The second-order valence-corrected chi connectivity index (χ2v) is 5.92. The number of hydrogen-bond acceptors (Lipinski definition) is 3. The predicted octanol–water partition coefficient (Wildman–Crippen LogP) is 4.90. The van der Waals surface area contributed by atoms with Crippen LogP contribution in [-0.4, -0.2) is 13.2 Å². The van der Waals surface area contributed by atoms with E-state index in [1.165, 1.54) is 24.8 Å². The highest BCUT2D eigenvalue weighted by Crippen LogP contribution is 2.33. The summed E-state index contributed by atoms with van der Waals surface area (Å²) in [6, 6.07) is 17.0. The van der Waals surface area contributed by atoms with E-state index in [-0.39, 0.29) is 12.4 Å². The largest absolute Gasteiger partial charge is 0.490 e. The average molecular weight is 348 g/mol. The number of ether oxygens (including phenoxy) is 2. The van der Waals surface area contributed by atoms with Crippen LogP contribution in [0, 0.1) is 0 Å². The number of nitrogens with one attached hydrogen (secondary N) is 1. The molecule has 2 aromatic rings. The van der Waals surface area contributed by atoms with Crippen LogP contribution >= 0.6 is 12.4 Å². The molecule has 4 heteroatoms. The van der Waals surface area contributed by atoms with Gasteiger partial charge in [0, 0.05) is 6.04 Å². The highest BCUT2D eigenvalue weighted by atomic mass is 35.5. The van der Waals surface area contributed by atoms with Gasteiger partial charge in [-0.25, -0.2) is 0 Å². The van der Waals surface area contributed by atoms with E-state index in [1.807, 2.05) is 31.2 Å². The first-order valence-corrected chi connectivity index (χ1v) is 8.53. The third-order valence-electron chi connectivity index (χ3n) is 4.22. The maximum atomic E-state index is 5.97. The van der Waals surface area contributed by atoms with Crippen molar-refractivity contribution in [3.05, 3.63) is 59.7 Å². The molecule has 2 aromatic carbocycles. The first-order chi connectivity index (χ1) is 11.4. The van der Waals surface area contributed by atoms with Crippen LogP contribution < -0.4 is 14.8 Å². The summed E-state index contributed by atoms with van der Waals surface area (Å²) in [6.45, 7) is 4.30. The SMILES string of the molecule is CCOc1cc([C@H]2CCCCN2)ccc1OCc1ccccc1.Cl. The number of piperidine rings is 1. The molecular weight excluding hydrogens is 322 g/mol. The van der Waals surface area contributed by atoms with Crippen molar-refractivity contribution in [2.45, 2.75) is 38.8 Å². The Labute approximate surface area is 150 Å². The summed E-state index contributed by atoms with van der Waals surface area (Å²) in [5.41, 5.74) is 2.45. The molecular formula is C20H26ClNO2. The molecule has 1 atom stereocenters. The Kier molecular flexibility index (Phi) is 7.41. The first kappa shape index (κ1) is 18.6. The number of halogens is 1. The van der Waals surface area contributed by atoms with Crippen LogP contribution in [0.5, 0.6) is 11.5 Å². The molecule has 24 heavy (non-hydrogen) atoms. The lowest BCUT2D eigenvalue weighted by Gasteiger charge is -2.24. The van der Waals surface area contributed by atoms with Gasteiger partial charge in [0.25, 0.3) is 0 Å². The van der Waals surface area contributed by atoms with E-state index in [0.29, 0.717) is 19.3 Å². The van der Waals surface area contributed by atoms with Crippen molar-refractivity contribution in [2.75, 3.05) is 13.2 Å². The third kappa shape index (κ3) is 4.89. The minimum absolute atomic E-state index is 0. The molecule has 0 aliphatic carbocycles. The Hall–Kier alpha value is -1.71. The third-order valence-corrected chi connectivity index (χ3v) is 4.22. The summed E-state index contributed by atoms with van der Waals surface area (Å²) in [6.07, 6.45) is 3.75. The van der Waals surface area contributed by atoms with Gasteiger partial charge < -0.3 is 14.8 Å². The molecule has 0 unspecified atom stereocenters. The Morgan fingerprint density at radius 2 is 1.83 bits per heavy atom. The molecule has 0 aromatic heterocycles. The normalized spacial score (nSPS) is 17.0. The van der Waals surface area contributed by atoms with Crippen LogP contribution in [0.3, 0.4) is 0 Å². The minimum atomic E-state index is 0. The summed E-state index contributed by atoms with van der Waals surface area (Å²) >= 11 is 0. The van der Waals surface area contributed by atoms with E-state index in [2.05, 4.69) is 29.6 Å². The van der Waals surface area contributed by atoms with Gasteiger partial charge >= 0.3 is 0 Å². The van der Waals surface area contributed by atoms with Crippen LogP contribution in [0.25, 0.3) is 0 Å². The van der Waals surface area contributed by atoms with Gasteiger partial charge in [0.2, 0.25) is 0 Å². The Morgan fingerprint density at radius 3 is 2.54 bits per heavy atom. The Morgan fingerprint density at radius 1 is 1.00 bits per heavy atom. The van der Waals surface area contributed by atoms with E-state index in [0.717, 1.165) is 23.6 Å². The summed E-state index contributed by atoms with van der Waals surface area (Å²) < 4.78 is 11.8. The summed E-state index contributed by atoms with van der Waals surface area (Å²) in [7, 11) is 0. The molecule has 130 valence electrons. The molecule has 3 rings (SSSR count). The fourth-order valence-electron chi connectivity index (χ4n) is 3.00. The lowest BCUT2D eigenvalue weighted by molar-refractivity contribution is 0.268. The van der Waals surface area contributed by atoms with Crippen LogP contribution in [0.1, 0.15) is 43.4 Å². The van der Waals surface area contributed by atoms with Crippen LogP contribution in [0.15, 0.2) is 48.5 Å². The van der Waals surface area contributed by atoms with Crippen molar-refractivity contribution >= 4 is 12.4 Å². The highest BCUT2D eigenvalue weighted by molar-refractivity contribution is 5.85. The molecule has 0 saturated carbocycles. The lowest BCUT2D eigenvalue weighted by Crippen LogP contribution is -2.26. The van der Waals surface area contributed by atoms with Crippen molar-refractivity contribution < 1.29 is 9.47 Å². The summed E-state index contributed by atoms with van der Waals surface area (Å²) in [5, 5.41) is 3.59. The van der Waals surface area contributed by atoms with E-state index < -0.39 is 0 Å². The van der Waals surface area contributed by atoms with Gasteiger partial charge in [-0.15, -0.1) is 12.4 Å². The van der Waals surface area contributed by atoms with Crippen molar-refractivity contribution in [1.82, 2.24) is 5.32 Å². The fraction of sp³-hybridized carbons (Fsp3) is 0.400. The van der Waals surface area contributed by atoms with Gasteiger partial charge in [-0.05, 0) is 49.6 Å². The van der Waals surface area contributed by atoms with Gasteiger partial charge in [0.15, 0.2) is 11.5 Å². The van der Waals surface area contributed by atoms with Gasteiger partial charge in [-0.3, -0.25) is 0 Å². The van der Waals surface area contributed by atoms with E-state index in [1.54, 1.807) is 0 Å². The van der Waals surface area contributed by atoms with E-state index >= 15 is 0 Å². The second kappa shape index (κ2) is 9.55. The monoisotopic (exact) mass is 347 g/mol. The first-order valence-electron chi connectivity index (χ1n) is 8.53. The van der Waals surface area contributed by atoms with Crippen molar-refractivity contribution in [2.24, 2.45) is 0 Å². The van der Waals surface area contributed by atoms with Crippen molar-refractivity contribution in [1.29, 1.82) is 0 Å². The summed E-state index contributed by atoms with van der Waals surface area (Å²) in [5.74, 6) is 1.66. The standard InChI is InChI=1S/C20H25NO2.ClH/c1-2-22-20-14-17(18-10-6-7-13-21-18)11-12-19(20)23-15-16-8-4-3-5-9-16;/h3-5,8-9,11-12,14,18,21H,2,6-7,10,13,15H2,1H3;1H/t18-;/m1./s1. The van der Waals surface area contributed by atoms with E-state index in [9.17, 15) is 0 Å². The molecule has 0 amide bonds. The molecule has 0 radical (unpaired) electrons. The maximum absolute atomic E-state index is 5.97. The van der Waals surface area contributed by atoms with E-state index in [4.69, 9.17) is 9.47 Å². The molecule has 1 aliphatic heterocycles. The molecule has 1 N–H and O–H groups in total. The zero-order valence-electron chi connectivity index (χ0n) is 14.2. The van der Waals surface area contributed by atoms with Gasteiger partial charge in [-0.2, -0.15) is 0 Å². The summed E-state index contributed by atoms with van der Waals surface area (Å²) in [4.78, 5) is 0. The van der Waals surface area contributed by atoms with Crippen molar-refractivity contribution in [3.63, 3.8) is 0 Å². The zero-order chi connectivity index (χ0) is 15.9. The van der Waals surface area contributed by atoms with Crippen molar-refractivity contribution in [3.8, 4) is 11.5 Å². The second-order valence-electron chi connectivity index (χ2n) is 5.92. The van der Waals surface area contributed by atoms with Crippen LogP contribution in [0.2, 0.25) is 0 Å². The molecule has 3 nitrogen and oxygen atoms in total. The molecule has 0 bridgehead atoms. The van der Waals surface area contributed by atoms with Crippen LogP contribution in [0.4, 0.5) is 0 Å². The average Bonchev–Trinajstić information content (AvgIpc) is 2.62. The van der Waals surface area contributed by atoms with Crippen LogP contribution in [-0.2, 0) is 6.61 Å². The van der Waals surface area contributed by atoms with Gasteiger partial charge in [0.1, 0.15) is 6.61 Å². The highest BCUT2D eigenvalue weighted by Gasteiger charge is 2.17. The Balaban J connectivity index is 0.00000208. The molecule has 1 aliphatic rings. The molecule has 0 spiro atoms. The predicted molar refractivity (Wildman–Crippen MR) is 100 cm³/mol. The lowest BCUT2D eigenvalue weighted by atomic mass is 9.97. The topological polar surface area (TPSA) is 30.5 Å². The molecule has 1 fully saturated rings. The van der Waals surface area contributed by atoms with Gasteiger partial charge in [0.05, 0.1) is 6.61 Å². The number of rotatable bonds is 6. The molecule has 1 saturated heterocycles. The Bertz CT molecular complexity index is 612. The number of hydrogen-bond donors (Lipinski definition) is 1. The maximum Gasteiger partial charge on any atom is 0.161 e. The zero-order valence-corrected chi connectivity index (χ0v) is 15.0. The quantitative estimate of drug-likeness (QED) is 0.806. The van der Waals surface area contributed by atoms with Gasteiger partial charge in [-0.1, -0.05) is 42.8 Å². The minimum Gasteiger partial charge on any atom is -0.490 e. The number of benzene rings is 2. The molecule has 1 heterocycles. The fourth-order valence-corrected chi connectivity index (χ4v) is 3.00.